The minimum absolute atomic E-state index is 0.0225. The van der Waals surface area contributed by atoms with E-state index in [0.717, 1.165) is 18.7 Å². The van der Waals surface area contributed by atoms with Crippen molar-refractivity contribution < 1.29 is 9.53 Å². The highest BCUT2D eigenvalue weighted by Crippen LogP contribution is 2.32. The van der Waals surface area contributed by atoms with Gasteiger partial charge in [0.15, 0.2) is 5.78 Å². The molecule has 1 fully saturated rings. The molecule has 162 valence electrons. The van der Waals surface area contributed by atoms with Gasteiger partial charge in [0.05, 0.1) is 17.7 Å². The molecule has 0 aromatic heterocycles. The molecule has 0 saturated carbocycles. The number of nitrogens with zero attached hydrogens (tertiary/aromatic N) is 2. The Kier molecular flexibility index (Phi) is 6.53. The molecule has 2 N–H and O–H groups in total. The summed E-state index contributed by atoms with van der Waals surface area (Å²) in [5.41, 5.74) is 8.95. The van der Waals surface area contributed by atoms with Crippen LogP contribution in [0.3, 0.4) is 0 Å². The Morgan fingerprint density at radius 1 is 1.06 bits per heavy atom. The fourth-order valence-electron chi connectivity index (χ4n) is 4.36. The molecule has 3 atom stereocenters. The molecular weight excluding hydrogens is 398 g/mol. The zero-order valence-electron chi connectivity index (χ0n) is 18.1. The lowest BCUT2D eigenvalue weighted by molar-refractivity contribution is 0.0510. The second-order valence-corrected chi connectivity index (χ2v) is 8.22. The van der Waals surface area contributed by atoms with Crippen LogP contribution in [0.1, 0.15) is 40.7 Å². The summed E-state index contributed by atoms with van der Waals surface area (Å²) >= 11 is 0. The third-order valence-corrected chi connectivity index (χ3v) is 6.23. The van der Waals surface area contributed by atoms with Crippen LogP contribution in [0.5, 0.6) is 5.75 Å². The van der Waals surface area contributed by atoms with Crippen LogP contribution in [0.2, 0.25) is 0 Å². The van der Waals surface area contributed by atoms with Gasteiger partial charge in [-0.15, -0.1) is 0 Å². The van der Waals surface area contributed by atoms with Crippen molar-refractivity contribution in [2.45, 2.75) is 31.4 Å². The van der Waals surface area contributed by atoms with Gasteiger partial charge in [0, 0.05) is 30.3 Å². The van der Waals surface area contributed by atoms with E-state index in [0.29, 0.717) is 23.4 Å². The van der Waals surface area contributed by atoms with Gasteiger partial charge >= 0.3 is 0 Å². The highest BCUT2D eigenvalue weighted by molar-refractivity contribution is 6.03. The topological polar surface area (TPSA) is 79.3 Å². The molecule has 1 aliphatic rings. The van der Waals surface area contributed by atoms with Crippen LogP contribution in [0.15, 0.2) is 78.9 Å². The quantitative estimate of drug-likeness (QED) is 0.459. The first-order valence-corrected chi connectivity index (χ1v) is 10.9. The maximum absolute atomic E-state index is 13.2. The Balaban J connectivity index is 1.54. The summed E-state index contributed by atoms with van der Waals surface area (Å²) in [4.78, 5) is 15.4. The number of ketones is 1. The Bertz CT molecular complexity index is 1110. The second kappa shape index (κ2) is 9.67. The molecule has 0 aliphatic carbocycles. The maximum Gasteiger partial charge on any atom is 0.181 e. The molecule has 0 spiro atoms. The summed E-state index contributed by atoms with van der Waals surface area (Å²) in [5.74, 6) is 0.912. The molecular formula is C27H27N3O2. The van der Waals surface area contributed by atoms with Crippen molar-refractivity contribution in [3.63, 3.8) is 0 Å². The lowest BCUT2D eigenvalue weighted by Gasteiger charge is -2.41. The number of rotatable bonds is 6. The molecule has 1 heterocycles. The van der Waals surface area contributed by atoms with Gasteiger partial charge in [-0.2, -0.15) is 5.26 Å². The number of anilines is 1. The third-order valence-electron chi connectivity index (χ3n) is 6.23. The van der Waals surface area contributed by atoms with Crippen LogP contribution in [0.4, 0.5) is 5.69 Å². The van der Waals surface area contributed by atoms with E-state index in [9.17, 15) is 4.79 Å². The van der Waals surface area contributed by atoms with Crippen molar-refractivity contribution in [1.82, 2.24) is 4.90 Å². The number of para-hydroxylation sites is 1. The predicted octanol–water partition coefficient (Wildman–Crippen LogP) is 4.65. The Labute approximate surface area is 189 Å². The minimum atomic E-state index is -0.276. The van der Waals surface area contributed by atoms with Crippen molar-refractivity contribution in [1.29, 1.82) is 5.26 Å². The lowest BCUT2D eigenvalue weighted by atomic mass is 9.86. The van der Waals surface area contributed by atoms with Crippen molar-refractivity contribution in [3.8, 4) is 11.8 Å². The number of piperidine rings is 1. The van der Waals surface area contributed by atoms with Crippen LogP contribution in [-0.4, -0.2) is 35.9 Å². The number of hydrogen-bond acceptors (Lipinski definition) is 5. The largest absolute Gasteiger partial charge is 0.490 e. The molecule has 5 heteroatoms. The highest BCUT2D eigenvalue weighted by atomic mass is 16.5. The molecule has 5 nitrogen and oxygen atoms in total. The van der Waals surface area contributed by atoms with Crippen LogP contribution in [0.25, 0.3) is 0 Å². The summed E-state index contributed by atoms with van der Waals surface area (Å²) in [5, 5.41) is 9.03. The first-order valence-electron chi connectivity index (χ1n) is 10.9. The third kappa shape index (κ3) is 4.66. The molecule has 0 radical (unpaired) electrons. The normalized spacial score (nSPS) is 19.6. The van der Waals surface area contributed by atoms with E-state index < -0.39 is 0 Å². The molecule has 0 amide bonds. The van der Waals surface area contributed by atoms with Crippen molar-refractivity contribution in [2.24, 2.45) is 0 Å². The van der Waals surface area contributed by atoms with E-state index in [-0.39, 0.29) is 23.8 Å². The van der Waals surface area contributed by atoms with Gasteiger partial charge in [-0.3, -0.25) is 9.69 Å². The summed E-state index contributed by atoms with van der Waals surface area (Å²) in [6, 6.07) is 26.6. The fraction of sp³-hybridized carbons (Fsp3) is 0.259. The first kappa shape index (κ1) is 21.6. The number of likely N-dealkylation sites (tertiary alicyclic amines) is 1. The molecule has 0 bridgehead atoms. The number of hydrogen-bond donors (Lipinski definition) is 1. The number of nitrogen functional groups attached to an aromatic ring is 1. The van der Waals surface area contributed by atoms with E-state index in [1.807, 2.05) is 49.4 Å². The summed E-state index contributed by atoms with van der Waals surface area (Å²) in [6.45, 7) is 3.42. The molecule has 3 aromatic rings. The number of benzene rings is 3. The number of nitrogens with two attached hydrogens (primary N) is 1. The van der Waals surface area contributed by atoms with Crippen molar-refractivity contribution >= 4 is 11.5 Å². The van der Waals surface area contributed by atoms with Gasteiger partial charge in [0.1, 0.15) is 11.9 Å². The number of Topliss-reactive ketones (excluding diaryl/α,β-unsaturated/α-hetero) is 1. The van der Waals surface area contributed by atoms with Gasteiger partial charge in [-0.1, -0.05) is 42.5 Å². The number of nitriles is 1. The number of carbonyl (C=O) groups excluding carboxylic acids is 1. The zero-order valence-corrected chi connectivity index (χ0v) is 18.1. The lowest BCUT2D eigenvalue weighted by Crippen LogP contribution is -2.50. The van der Waals surface area contributed by atoms with E-state index in [4.69, 9.17) is 15.7 Å². The highest BCUT2D eigenvalue weighted by Gasteiger charge is 2.36. The number of ether oxygens (including phenoxy) is 1. The Morgan fingerprint density at radius 2 is 1.75 bits per heavy atom. The first-order chi connectivity index (χ1) is 15.6. The molecule has 3 aromatic carbocycles. The van der Waals surface area contributed by atoms with Crippen LogP contribution in [0, 0.1) is 11.3 Å². The Hall–Kier alpha value is -3.62. The average Bonchev–Trinajstić information content (AvgIpc) is 2.85. The summed E-state index contributed by atoms with van der Waals surface area (Å²) < 4.78 is 6.37. The fourth-order valence-corrected chi connectivity index (χ4v) is 4.36. The van der Waals surface area contributed by atoms with Crippen LogP contribution < -0.4 is 10.5 Å². The van der Waals surface area contributed by atoms with Crippen LogP contribution in [-0.2, 0) is 0 Å². The van der Waals surface area contributed by atoms with Crippen molar-refractivity contribution in [3.05, 3.63) is 95.6 Å². The minimum Gasteiger partial charge on any atom is -0.490 e. The molecule has 4 rings (SSSR count). The zero-order chi connectivity index (χ0) is 22.5. The van der Waals surface area contributed by atoms with Gasteiger partial charge < -0.3 is 10.5 Å². The maximum atomic E-state index is 13.2. The SMILES string of the molecule is CC(C(=O)c1ccccc1N)N1CCC(Oc2ccc(C#N)cc2)C(c2ccccc2)C1. The standard InChI is InChI=1S/C27H27N3O2/c1-19(27(31)23-9-5-6-10-25(23)29)30-16-15-26(24(18-30)21-7-3-2-4-8-21)32-22-13-11-20(17-28)12-14-22/h2-14,19,24,26H,15-16,18,29H2,1H3. The van der Waals surface area contributed by atoms with E-state index in [2.05, 4.69) is 23.1 Å². The van der Waals surface area contributed by atoms with Gasteiger partial charge in [0.2, 0.25) is 0 Å². The van der Waals surface area contributed by atoms with Gasteiger partial charge in [-0.05, 0) is 55.3 Å². The molecule has 1 saturated heterocycles. The Morgan fingerprint density at radius 3 is 2.44 bits per heavy atom. The van der Waals surface area contributed by atoms with E-state index >= 15 is 0 Å². The smallest absolute Gasteiger partial charge is 0.181 e. The summed E-state index contributed by atoms with van der Waals surface area (Å²) in [7, 11) is 0. The van der Waals surface area contributed by atoms with Gasteiger partial charge in [0.25, 0.3) is 0 Å². The molecule has 32 heavy (non-hydrogen) atoms. The van der Waals surface area contributed by atoms with Crippen LogP contribution >= 0.6 is 0 Å². The average molecular weight is 426 g/mol. The number of carbonyl (C=O) groups is 1. The summed E-state index contributed by atoms with van der Waals surface area (Å²) in [6.07, 6.45) is 0.771. The van der Waals surface area contributed by atoms with E-state index in [1.165, 1.54) is 5.56 Å². The second-order valence-electron chi connectivity index (χ2n) is 8.22. The van der Waals surface area contributed by atoms with E-state index in [1.54, 1.807) is 24.3 Å². The van der Waals surface area contributed by atoms with Gasteiger partial charge in [-0.25, -0.2) is 0 Å². The predicted molar refractivity (Wildman–Crippen MR) is 126 cm³/mol. The monoisotopic (exact) mass is 425 g/mol. The molecule has 3 unspecified atom stereocenters. The van der Waals surface area contributed by atoms with Crippen molar-refractivity contribution in [2.75, 3.05) is 18.8 Å². The molecule has 1 aliphatic heterocycles.